The number of aliphatic hydroxyl groups excluding tert-OH is 1. The van der Waals surface area contributed by atoms with Crippen molar-refractivity contribution in [1.29, 1.82) is 0 Å². The molecule has 0 aromatic carbocycles. The van der Waals surface area contributed by atoms with E-state index in [1.54, 1.807) is 0 Å². The van der Waals surface area contributed by atoms with Crippen LogP contribution >= 0.6 is 0 Å². The van der Waals surface area contributed by atoms with Gasteiger partial charge in [-0.05, 0) is 6.42 Å². The van der Waals surface area contributed by atoms with Crippen LogP contribution in [0.1, 0.15) is 39.0 Å². The number of unbranched alkanes of at least 4 members (excludes halogenated alkanes) is 3. The van der Waals surface area contributed by atoms with E-state index < -0.39 is 6.10 Å². The van der Waals surface area contributed by atoms with Crippen LogP contribution < -0.4 is 0 Å². The zero-order valence-corrected chi connectivity index (χ0v) is 7.05. The molecular formula is C9H16O2. The van der Waals surface area contributed by atoms with Crippen LogP contribution in [-0.2, 0) is 4.79 Å². The van der Waals surface area contributed by atoms with Crippen molar-refractivity contribution in [2.24, 2.45) is 5.92 Å². The van der Waals surface area contributed by atoms with Crippen LogP contribution in [0, 0.1) is 5.92 Å². The van der Waals surface area contributed by atoms with Gasteiger partial charge < -0.3 is 5.11 Å². The van der Waals surface area contributed by atoms with E-state index >= 15 is 0 Å². The van der Waals surface area contributed by atoms with Crippen molar-refractivity contribution in [2.45, 2.75) is 45.1 Å². The highest BCUT2D eigenvalue weighted by atomic mass is 16.3. The number of ketones is 1. The molecule has 11 heavy (non-hydrogen) atoms. The van der Waals surface area contributed by atoms with Crippen LogP contribution in [0.15, 0.2) is 0 Å². The molecule has 0 bridgehead atoms. The molecule has 1 aliphatic rings. The van der Waals surface area contributed by atoms with Crippen molar-refractivity contribution in [2.75, 3.05) is 0 Å². The molecule has 2 nitrogen and oxygen atoms in total. The van der Waals surface area contributed by atoms with Gasteiger partial charge in [0.15, 0.2) is 5.78 Å². The molecule has 2 unspecified atom stereocenters. The Morgan fingerprint density at radius 2 is 2.00 bits per heavy atom. The molecule has 0 amide bonds. The van der Waals surface area contributed by atoms with E-state index in [1.807, 2.05) is 0 Å². The summed E-state index contributed by atoms with van der Waals surface area (Å²) in [6, 6.07) is 0. The summed E-state index contributed by atoms with van der Waals surface area (Å²) in [4.78, 5) is 10.6. The molecule has 2 atom stereocenters. The third-order valence-corrected chi connectivity index (χ3v) is 2.30. The number of Topliss-reactive ketones (excluding diaryl/α,β-unsaturated/α-hetero) is 1. The lowest BCUT2D eigenvalue weighted by Gasteiger charge is -1.95. The van der Waals surface area contributed by atoms with Crippen LogP contribution in [0.3, 0.4) is 0 Å². The normalized spacial score (nSPS) is 29.1. The van der Waals surface area contributed by atoms with Gasteiger partial charge in [0.25, 0.3) is 0 Å². The molecular weight excluding hydrogens is 140 g/mol. The molecule has 1 N–H and O–H groups in total. The highest BCUT2D eigenvalue weighted by Crippen LogP contribution is 2.30. The summed E-state index contributed by atoms with van der Waals surface area (Å²) >= 11 is 0. The monoisotopic (exact) mass is 156 g/mol. The predicted octanol–water partition coefficient (Wildman–Crippen LogP) is 1.52. The fourth-order valence-corrected chi connectivity index (χ4v) is 1.37. The SMILES string of the molecule is CCCCCCC1C(=O)C1O. The van der Waals surface area contributed by atoms with Crippen molar-refractivity contribution < 1.29 is 9.90 Å². The van der Waals surface area contributed by atoms with Gasteiger partial charge >= 0.3 is 0 Å². The first-order chi connectivity index (χ1) is 5.27. The Morgan fingerprint density at radius 1 is 1.36 bits per heavy atom. The van der Waals surface area contributed by atoms with E-state index in [0.29, 0.717) is 0 Å². The van der Waals surface area contributed by atoms with Crippen LogP contribution in [-0.4, -0.2) is 17.0 Å². The smallest absolute Gasteiger partial charge is 0.168 e. The van der Waals surface area contributed by atoms with Crippen molar-refractivity contribution in [3.63, 3.8) is 0 Å². The Hall–Kier alpha value is -0.370. The molecule has 2 heteroatoms. The number of hydrogen-bond donors (Lipinski definition) is 1. The average molecular weight is 156 g/mol. The Morgan fingerprint density at radius 3 is 2.45 bits per heavy atom. The minimum absolute atomic E-state index is 0.00635. The first-order valence-corrected chi connectivity index (χ1v) is 4.49. The summed E-state index contributed by atoms with van der Waals surface area (Å²) in [6.45, 7) is 2.16. The highest BCUT2D eigenvalue weighted by Gasteiger charge is 2.46. The molecule has 0 radical (unpaired) electrons. The van der Waals surface area contributed by atoms with Gasteiger partial charge in [-0.2, -0.15) is 0 Å². The quantitative estimate of drug-likeness (QED) is 0.613. The summed E-state index contributed by atoms with van der Waals surface area (Å²) in [6.07, 6.45) is 5.07. The zero-order valence-electron chi connectivity index (χ0n) is 7.05. The van der Waals surface area contributed by atoms with E-state index in [2.05, 4.69) is 6.92 Å². The average Bonchev–Trinajstić information content (AvgIpc) is 2.55. The third kappa shape index (κ3) is 2.29. The Balaban J connectivity index is 1.93. The second-order valence-corrected chi connectivity index (χ2v) is 3.30. The van der Waals surface area contributed by atoms with Crippen LogP contribution in [0.25, 0.3) is 0 Å². The van der Waals surface area contributed by atoms with Crippen molar-refractivity contribution in [3.05, 3.63) is 0 Å². The maximum Gasteiger partial charge on any atom is 0.168 e. The minimum Gasteiger partial charge on any atom is -0.385 e. The molecule has 0 heterocycles. The molecule has 1 fully saturated rings. The van der Waals surface area contributed by atoms with Crippen molar-refractivity contribution in [3.8, 4) is 0 Å². The molecule has 1 aliphatic carbocycles. The number of rotatable bonds is 5. The first kappa shape index (κ1) is 8.72. The maximum absolute atomic E-state index is 10.6. The van der Waals surface area contributed by atoms with Crippen LogP contribution in [0.2, 0.25) is 0 Å². The van der Waals surface area contributed by atoms with Crippen molar-refractivity contribution >= 4 is 5.78 Å². The molecule has 0 aromatic heterocycles. The maximum atomic E-state index is 10.6. The third-order valence-electron chi connectivity index (χ3n) is 2.30. The summed E-state index contributed by atoms with van der Waals surface area (Å²) in [5.41, 5.74) is 0. The van der Waals surface area contributed by atoms with Gasteiger partial charge in [0, 0.05) is 0 Å². The van der Waals surface area contributed by atoms with E-state index in [-0.39, 0.29) is 11.7 Å². The minimum atomic E-state index is -0.600. The lowest BCUT2D eigenvalue weighted by Crippen LogP contribution is -1.85. The summed E-state index contributed by atoms with van der Waals surface area (Å²) in [7, 11) is 0. The lowest BCUT2D eigenvalue weighted by molar-refractivity contribution is -0.113. The molecule has 1 saturated carbocycles. The molecule has 0 aliphatic heterocycles. The van der Waals surface area contributed by atoms with Gasteiger partial charge in [0.05, 0.1) is 5.92 Å². The highest BCUT2D eigenvalue weighted by molar-refractivity contribution is 6.01. The number of carbonyl (C=O) groups excluding carboxylic acids is 1. The number of aliphatic hydroxyl groups is 1. The van der Waals surface area contributed by atoms with Crippen LogP contribution in [0.5, 0.6) is 0 Å². The topological polar surface area (TPSA) is 37.3 Å². The second kappa shape index (κ2) is 3.86. The molecule has 64 valence electrons. The van der Waals surface area contributed by atoms with E-state index in [4.69, 9.17) is 5.11 Å². The Kier molecular flexibility index (Phi) is 3.06. The summed E-state index contributed by atoms with van der Waals surface area (Å²) < 4.78 is 0. The predicted molar refractivity (Wildman–Crippen MR) is 43.3 cm³/mol. The van der Waals surface area contributed by atoms with Gasteiger partial charge in [-0.15, -0.1) is 0 Å². The van der Waals surface area contributed by atoms with Gasteiger partial charge in [-0.1, -0.05) is 32.6 Å². The lowest BCUT2D eigenvalue weighted by atomic mass is 10.1. The van der Waals surface area contributed by atoms with Gasteiger partial charge in [-0.3, -0.25) is 4.79 Å². The molecule has 0 spiro atoms. The molecule has 0 saturated heterocycles. The largest absolute Gasteiger partial charge is 0.385 e. The van der Waals surface area contributed by atoms with Crippen molar-refractivity contribution in [1.82, 2.24) is 0 Å². The summed E-state index contributed by atoms with van der Waals surface area (Å²) in [5.74, 6) is 0.0633. The Labute approximate surface area is 67.6 Å². The van der Waals surface area contributed by atoms with Crippen LogP contribution in [0.4, 0.5) is 0 Å². The van der Waals surface area contributed by atoms with Gasteiger partial charge in [0.1, 0.15) is 6.10 Å². The van der Waals surface area contributed by atoms with E-state index in [1.165, 1.54) is 19.3 Å². The standard InChI is InChI=1S/C9H16O2/c1-2-3-4-5-6-7-8(10)9(7)11/h7-8,10H,2-6H2,1H3. The zero-order chi connectivity index (χ0) is 8.27. The number of carbonyl (C=O) groups is 1. The number of hydrogen-bond acceptors (Lipinski definition) is 2. The molecule has 0 aromatic rings. The summed E-state index contributed by atoms with van der Waals surface area (Å²) in [5, 5.41) is 8.90. The van der Waals surface area contributed by atoms with E-state index in [0.717, 1.165) is 12.8 Å². The fraction of sp³-hybridized carbons (Fsp3) is 0.889. The van der Waals surface area contributed by atoms with Gasteiger partial charge in [0.2, 0.25) is 0 Å². The second-order valence-electron chi connectivity index (χ2n) is 3.30. The fourth-order valence-electron chi connectivity index (χ4n) is 1.37. The van der Waals surface area contributed by atoms with E-state index in [9.17, 15) is 4.79 Å². The Bertz CT molecular complexity index is 142. The van der Waals surface area contributed by atoms with Gasteiger partial charge in [-0.25, -0.2) is 0 Å². The molecule has 1 rings (SSSR count). The first-order valence-electron chi connectivity index (χ1n) is 4.49.